The van der Waals surface area contributed by atoms with Crippen LogP contribution in [0.3, 0.4) is 0 Å². The van der Waals surface area contributed by atoms with E-state index in [-0.39, 0.29) is 5.91 Å². The summed E-state index contributed by atoms with van der Waals surface area (Å²) in [7, 11) is 0. The lowest BCUT2D eigenvalue weighted by atomic mass is 10.1. The van der Waals surface area contributed by atoms with E-state index in [1.54, 1.807) is 11.8 Å². The molecule has 0 saturated carbocycles. The van der Waals surface area contributed by atoms with E-state index < -0.39 is 6.10 Å². The molecule has 2 unspecified atom stereocenters. The molecule has 0 spiro atoms. The van der Waals surface area contributed by atoms with Gasteiger partial charge in [0.2, 0.25) is 5.91 Å². The van der Waals surface area contributed by atoms with Crippen LogP contribution in [0, 0.1) is 6.92 Å². The number of aryl methyl sites for hydroxylation is 1. The van der Waals surface area contributed by atoms with E-state index in [2.05, 4.69) is 36.5 Å². The summed E-state index contributed by atoms with van der Waals surface area (Å²) in [4.78, 5) is 11.1. The summed E-state index contributed by atoms with van der Waals surface area (Å²) in [6.07, 6.45) is -0.276. The fourth-order valence-electron chi connectivity index (χ4n) is 1.80. The van der Waals surface area contributed by atoms with Crippen LogP contribution in [-0.2, 0) is 10.5 Å². The summed E-state index contributed by atoms with van der Waals surface area (Å²) in [5, 5.41) is 12.5. The number of hydrogen-bond donors (Lipinski definition) is 2. The van der Waals surface area contributed by atoms with Gasteiger partial charge in [0.15, 0.2) is 0 Å². The molecule has 1 aromatic rings. The van der Waals surface area contributed by atoms with Crippen molar-refractivity contribution in [3.05, 3.63) is 35.4 Å². The van der Waals surface area contributed by atoms with Crippen LogP contribution in [-0.4, -0.2) is 28.9 Å². The van der Waals surface area contributed by atoms with E-state index in [1.165, 1.54) is 11.1 Å². The highest BCUT2D eigenvalue weighted by Crippen LogP contribution is 2.23. The lowest BCUT2D eigenvalue weighted by Crippen LogP contribution is -2.46. The van der Waals surface area contributed by atoms with E-state index in [9.17, 15) is 9.90 Å². The second-order valence-corrected chi connectivity index (χ2v) is 5.70. The van der Waals surface area contributed by atoms with Crippen LogP contribution >= 0.6 is 11.8 Å². The van der Waals surface area contributed by atoms with Gasteiger partial charge >= 0.3 is 0 Å². The number of nitrogens with one attached hydrogen (secondary N) is 1. The van der Waals surface area contributed by atoms with Gasteiger partial charge in [0.25, 0.3) is 0 Å². The largest absolute Gasteiger partial charge is 0.383 e. The number of aliphatic hydroxyl groups excluding tert-OH is 1. The highest BCUT2D eigenvalue weighted by molar-refractivity contribution is 7.99. The zero-order chi connectivity index (χ0) is 12.3. The third-order valence-corrected chi connectivity index (χ3v) is 4.23. The molecule has 2 N–H and O–H groups in total. The van der Waals surface area contributed by atoms with Gasteiger partial charge in [-0.2, -0.15) is 11.8 Å². The summed E-state index contributed by atoms with van der Waals surface area (Å²) in [6.45, 7) is 2.73. The Hall–Kier alpha value is -1.00. The number of thioether (sulfide) groups is 1. The molecule has 1 aliphatic heterocycles. The molecule has 2 atom stereocenters. The SMILES string of the molecule is Cc1ccc(CSC2CNC(=O)C(O)C2)cc1. The van der Waals surface area contributed by atoms with Crippen molar-refractivity contribution in [3.8, 4) is 0 Å². The van der Waals surface area contributed by atoms with E-state index in [0.717, 1.165) is 5.75 Å². The van der Waals surface area contributed by atoms with Crippen LogP contribution in [0.15, 0.2) is 24.3 Å². The maximum absolute atomic E-state index is 11.1. The smallest absolute Gasteiger partial charge is 0.248 e. The second-order valence-electron chi connectivity index (χ2n) is 4.42. The standard InChI is InChI=1S/C13H17NO2S/c1-9-2-4-10(5-3-9)8-17-11-6-12(15)13(16)14-7-11/h2-5,11-12,15H,6-8H2,1H3,(H,14,16). The molecule has 0 aromatic heterocycles. The fourth-order valence-corrected chi connectivity index (χ4v) is 2.94. The van der Waals surface area contributed by atoms with Crippen LogP contribution in [0.2, 0.25) is 0 Å². The Labute approximate surface area is 106 Å². The normalized spacial score (nSPS) is 24.5. The lowest BCUT2D eigenvalue weighted by Gasteiger charge is -2.25. The number of aliphatic hydroxyl groups is 1. The first kappa shape index (κ1) is 12.5. The average molecular weight is 251 g/mol. The zero-order valence-electron chi connectivity index (χ0n) is 9.85. The molecule has 0 bridgehead atoms. The topological polar surface area (TPSA) is 49.3 Å². The van der Waals surface area contributed by atoms with Crippen molar-refractivity contribution in [2.24, 2.45) is 0 Å². The second kappa shape index (κ2) is 5.56. The van der Waals surface area contributed by atoms with Crippen LogP contribution < -0.4 is 5.32 Å². The van der Waals surface area contributed by atoms with E-state index in [4.69, 9.17) is 0 Å². The number of carbonyl (C=O) groups excluding carboxylic acids is 1. The molecule has 92 valence electrons. The van der Waals surface area contributed by atoms with E-state index in [1.807, 2.05) is 0 Å². The van der Waals surface area contributed by atoms with Crippen molar-refractivity contribution >= 4 is 17.7 Å². The van der Waals surface area contributed by atoms with Gasteiger partial charge in [0.1, 0.15) is 6.10 Å². The first-order valence-corrected chi connectivity index (χ1v) is 6.83. The minimum absolute atomic E-state index is 0.239. The molecule has 4 heteroatoms. The Kier molecular flexibility index (Phi) is 4.07. The zero-order valence-corrected chi connectivity index (χ0v) is 10.7. The first-order chi connectivity index (χ1) is 8.15. The van der Waals surface area contributed by atoms with Crippen LogP contribution in [0.25, 0.3) is 0 Å². The summed E-state index contributed by atoms with van der Waals surface area (Å²) < 4.78 is 0. The molecule has 0 radical (unpaired) electrons. The quantitative estimate of drug-likeness (QED) is 0.855. The summed E-state index contributed by atoms with van der Waals surface area (Å²) in [5.74, 6) is 0.685. The summed E-state index contributed by atoms with van der Waals surface area (Å²) >= 11 is 1.79. The van der Waals surface area contributed by atoms with E-state index >= 15 is 0 Å². The molecule has 0 aliphatic carbocycles. The molecule has 1 aliphatic rings. The van der Waals surface area contributed by atoms with E-state index in [0.29, 0.717) is 18.2 Å². The van der Waals surface area contributed by atoms with Gasteiger partial charge in [-0.15, -0.1) is 0 Å². The van der Waals surface area contributed by atoms with Gasteiger partial charge in [0, 0.05) is 17.5 Å². The van der Waals surface area contributed by atoms with Crippen molar-refractivity contribution in [2.45, 2.75) is 30.5 Å². The number of amides is 1. The Morgan fingerprint density at radius 2 is 2.12 bits per heavy atom. The third-order valence-electron chi connectivity index (χ3n) is 2.90. The van der Waals surface area contributed by atoms with Gasteiger partial charge < -0.3 is 10.4 Å². The Bertz CT molecular complexity index is 391. The molecular weight excluding hydrogens is 234 g/mol. The molecule has 1 aromatic carbocycles. The summed E-state index contributed by atoms with van der Waals surface area (Å²) in [5.41, 5.74) is 2.55. The average Bonchev–Trinajstić information content (AvgIpc) is 2.33. The van der Waals surface area contributed by atoms with Crippen molar-refractivity contribution in [1.29, 1.82) is 0 Å². The monoisotopic (exact) mass is 251 g/mol. The molecule has 3 nitrogen and oxygen atoms in total. The molecule has 2 rings (SSSR count). The number of hydrogen-bond acceptors (Lipinski definition) is 3. The Morgan fingerprint density at radius 3 is 2.76 bits per heavy atom. The third kappa shape index (κ3) is 3.48. The van der Waals surface area contributed by atoms with Crippen molar-refractivity contribution in [2.75, 3.05) is 6.54 Å². The fraction of sp³-hybridized carbons (Fsp3) is 0.462. The molecule has 1 amide bonds. The van der Waals surface area contributed by atoms with Crippen molar-refractivity contribution < 1.29 is 9.90 Å². The van der Waals surface area contributed by atoms with Gasteiger partial charge in [-0.05, 0) is 18.9 Å². The predicted octanol–water partition coefficient (Wildman–Crippen LogP) is 1.48. The van der Waals surface area contributed by atoms with Crippen LogP contribution in [0.5, 0.6) is 0 Å². The van der Waals surface area contributed by atoms with Crippen LogP contribution in [0.4, 0.5) is 0 Å². The van der Waals surface area contributed by atoms with Crippen molar-refractivity contribution in [3.63, 3.8) is 0 Å². The van der Waals surface area contributed by atoms with Gasteiger partial charge in [-0.25, -0.2) is 0 Å². The maximum Gasteiger partial charge on any atom is 0.248 e. The van der Waals surface area contributed by atoms with Gasteiger partial charge in [-0.1, -0.05) is 29.8 Å². The Morgan fingerprint density at radius 1 is 1.41 bits per heavy atom. The van der Waals surface area contributed by atoms with Gasteiger partial charge in [0.05, 0.1) is 0 Å². The number of rotatable bonds is 3. The minimum atomic E-state index is -0.834. The highest BCUT2D eigenvalue weighted by atomic mass is 32.2. The molecule has 1 heterocycles. The first-order valence-electron chi connectivity index (χ1n) is 5.78. The maximum atomic E-state index is 11.1. The molecular formula is C13H17NO2S. The van der Waals surface area contributed by atoms with Gasteiger partial charge in [-0.3, -0.25) is 4.79 Å². The minimum Gasteiger partial charge on any atom is -0.383 e. The van der Waals surface area contributed by atoms with Crippen molar-refractivity contribution in [1.82, 2.24) is 5.32 Å². The Balaban J connectivity index is 1.82. The number of benzene rings is 1. The summed E-state index contributed by atoms with van der Waals surface area (Å²) in [6, 6.07) is 8.46. The van der Waals surface area contributed by atoms with Crippen LogP contribution in [0.1, 0.15) is 17.5 Å². The molecule has 1 fully saturated rings. The lowest BCUT2D eigenvalue weighted by molar-refractivity contribution is -0.131. The number of piperidine rings is 1. The molecule has 17 heavy (non-hydrogen) atoms. The number of carbonyl (C=O) groups is 1. The highest BCUT2D eigenvalue weighted by Gasteiger charge is 2.26. The molecule has 1 saturated heterocycles. The predicted molar refractivity (Wildman–Crippen MR) is 69.9 cm³/mol.